The number of benzene rings is 2. The molecule has 0 aliphatic carbocycles. The molecule has 0 aliphatic heterocycles. The van der Waals surface area contributed by atoms with Gasteiger partial charge in [-0.1, -0.05) is 11.6 Å². The van der Waals surface area contributed by atoms with Gasteiger partial charge >= 0.3 is 6.18 Å². The first-order valence-corrected chi connectivity index (χ1v) is 8.42. The number of hydrogen-bond acceptors (Lipinski definition) is 4. The highest BCUT2D eigenvalue weighted by atomic mass is 35.5. The molecule has 2 rings (SSSR count). The van der Waals surface area contributed by atoms with Crippen molar-refractivity contribution in [1.82, 2.24) is 0 Å². The molecule has 0 aliphatic rings. The van der Waals surface area contributed by atoms with Crippen molar-refractivity contribution in [3.05, 3.63) is 63.2 Å². The lowest BCUT2D eigenvalue weighted by atomic mass is 10.1. The zero-order chi connectivity index (χ0) is 19.5. The summed E-state index contributed by atoms with van der Waals surface area (Å²) in [7, 11) is 0. The summed E-state index contributed by atoms with van der Waals surface area (Å²) in [6.07, 6.45) is -4.85. The Morgan fingerprint density at radius 1 is 1.23 bits per heavy atom. The van der Waals surface area contributed by atoms with Crippen molar-refractivity contribution in [3.63, 3.8) is 0 Å². The Balaban J connectivity index is 2.19. The molecule has 0 radical (unpaired) electrons. The number of nitro groups is 1. The molecule has 1 atom stereocenters. The van der Waals surface area contributed by atoms with Crippen LogP contribution in [0.1, 0.15) is 12.5 Å². The van der Waals surface area contributed by atoms with Crippen LogP contribution in [0.5, 0.6) is 0 Å². The summed E-state index contributed by atoms with van der Waals surface area (Å²) in [5, 5.41) is 12.7. The Morgan fingerprint density at radius 3 is 2.38 bits per heavy atom. The largest absolute Gasteiger partial charge is 0.418 e. The van der Waals surface area contributed by atoms with Crippen LogP contribution in [0.4, 0.5) is 24.5 Å². The molecule has 0 fully saturated rings. The fourth-order valence-corrected chi connectivity index (χ4v) is 2.99. The number of halogens is 4. The first-order valence-electron chi connectivity index (χ1n) is 7.16. The minimum absolute atomic E-state index is 0.395. The number of thioether (sulfide) groups is 1. The minimum Gasteiger partial charge on any atom is -0.325 e. The van der Waals surface area contributed by atoms with Crippen LogP contribution in [-0.2, 0) is 11.0 Å². The average Bonchev–Trinajstić information content (AvgIpc) is 2.56. The molecule has 0 spiro atoms. The molecule has 0 heterocycles. The van der Waals surface area contributed by atoms with E-state index in [1.807, 2.05) is 0 Å². The summed E-state index contributed by atoms with van der Waals surface area (Å²) in [6.45, 7) is 1.53. The Kier molecular flexibility index (Phi) is 6.14. The predicted octanol–water partition coefficient (Wildman–Crippen LogP) is 5.39. The van der Waals surface area contributed by atoms with E-state index in [-0.39, 0.29) is 0 Å². The fraction of sp³-hybridized carbons (Fsp3) is 0.188. The van der Waals surface area contributed by atoms with Crippen LogP contribution in [0.3, 0.4) is 0 Å². The van der Waals surface area contributed by atoms with E-state index in [1.54, 1.807) is 24.3 Å². The van der Waals surface area contributed by atoms with Gasteiger partial charge in [0.1, 0.15) is 0 Å². The standard InChI is InChI=1S/C16H12ClF3N2O3S/c1-9(26-12-5-2-10(17)3-6-12)15(23)21-14-7-4-11(22(24)25)8-13(14)16(18,19)20/h2-9H,1H3,(H,21,23)/t9-/m1/s1. The van der Waals surface area contributed by atoms with Crippen LogP contribution in [0.2, 0.25) is 5.02 Å². The lowest BCUT2D eigenvalue weighted by molar-refractivity contribution is -0.385. The van der Waals surface area contributed by atoms with E-state index in [4.69, 9.17) is 11.6 Å². The molecule has 0 aromatic heterocycles. The van der Waals surface area contributed by atoms with E-state index < -0.39 is 39.2 Å². The molecule has 26 heavy (non-hydrogen) atoms. The molecule has 2 aromatic rings. The summed E-state index contributed by atoms with van der Waals surface area (Å²) in [4.78, 5) is 22.7. The summed E-state index contributed by atoms with van der Waals surface area (Å²) in [5.74, 6) is -0.663. The van der Waals surface area contributed by atoms with E-state index >= 15 is 0 Å². The molecule has 2 aromatic carbocycles. The normalized spacial score (nSPS) is 12.5. The van der Waals surface area contributed by atoms with E-state index in [2.05, 4.69) is 5.32 Å². The van der Waals surface area contributed by atoms with Gasteiger partial charge in [-0.25, -0.2) is 0 Å². The second-order valence-electron chi connectivity index (χ2n) is 5.19. The van der Waals surface area contributed by atoms with Gasteiger partial charge in [-0.2, -0.15) is 13.2 Å². The van der Waals surface area contributed by atoms with Crippen molar-refractivity contribution < 1.29 is 22.9 Å². The van der Waals surface area contributed by atoms with Crippen molar-refractivity contribution in [2.45, 2.75) is 23.2 Å². The molecule has 0 unspecified atom stereocenters. The predicted molar refractivity (Wildman–Crippen MR) is 93.5 cm³/mol. The van der Waals surface area contributed by atoms with Crippen LogP contribution in [0, 0.1) is 10.1 Å². The molecular formula is C16H12ClF3N2O3S. The highest BCUT2D eigenvalue weighted by Crippen LogP contribution is 2.37. The maximum Gasteiger partial charge on any atom is 0.418 e. The lowest BCUT2D eigenvalue weighted by Gasteiger charge is -2.16. The summed E-state index contributed by atoms with van der Waals surface area (Å²) in [6, 6.07) is 8.81. The van der Waals surface area contributed by atoms with Crippen molar-refractivity contribution in [3.8, 4) is 0 Å². The van der Waals surface area contributed by atoms with Crippen LogP contribution in [0.25, 0.3) is 0 Å². The number of nitro benzene ring substituents is 1. The average molecular weight is 405 g/mol. The number of carbonyl (C=O) groups is 1. The second-order valence-corrected chi connectivity index (χ2v) is 7.04. The Labute approximate surface area is 155 Å². The zero-order valence-electron chi connectivity index (χ0n) is 13.2. The van der Waals surface area contributed by atoms with Gasteiger partial charge in [0.2, 0.25) is 5.91 Å². The smallest absolute Gasteiger partial charge is 0.325 e. The molecule has 1 N–H and O–H groups in total. The van der Waals surface area contributed by atoms with Gasteiger partial charge in [0, 0.05) is 22.1 Å². The van der Waals surface area contributed by atoms with Gasteiger partial charge in [0.25, 0.3) is 5.69 Å². The summed E-state index contributed by atoms with van der Waals surface area (Å²) < 4.78 is 39.4. The van der Waals surface area contributed by atoms with Crippen LogP contribution in [-0.4, -0.2) is 16.1 Å². The first kappa shape index (κ1) is 20.1. The number of amides is 1. The van der Waals surface area contributed by atoms with Crippen molar-refractivity contribution in [2.75, 3.05) is 5.32 Å². The molecule has 10 heteroatoms. The highest BCUT2D eigenvalue weighted by Gasteiger charge is 2.36. The van der Waals surface area contributed by atoms with E-state index in [0.717, 1.165) is 28.8 Å². The summed E-state index contributed by atoms with van der Waals surface area (Å²) in [5.41, 5.74) is -2.51. The molecule has 0 saturated carbocycles. The molecule has 0 saturated heterocycles. The van der Waals surface area contributed by atoms with Gasteiger partial charge in [0.05, 0.1) is 21.4 Å². The monoisotopic (exact) mass is 404 g/mol. The van der Waals surface area contributed by atoms with Gasteiger partial charge in [-0.3, -0.25) is 14.9 Å². The fourth-order valence-electron chi connectivity index (χ4n) is 1.99. The van der Waals surface area contributed by atoms with Crippen LogP contribution < -0.4 is 5.32 Å². The Morgan fingerprint density at radius 2 is 1.85 bits per heavy atom. The summed E-state index contributed by atoms with van der Waals surface area (Å²) >= 11 is 6.91. The number of nitrogens with one attached hydrogen (secondary N) is 1. The molecular weight excluding hydrogens is 393 g/mol. The van der Waals surface area contributed by atoms with Gasteiger partial charge < -0.3 is 5.32 Å². The number of anilines is 1. The number of carbonyl (C=O) groups excluding carboxylic acids is 1. The van der Waals surface area contributed by atoms with Gasteiger partial charge in [0.15, 0.2) is 0 Å². The van der Waals surface area contributed by atoms with E-state index in [9.17, 15) is 28.1 Å². The van der Waals surface area contributed by atoms with Crippen LogP contribution >= 0.6 is 23.4 Å². The number of non-ortho nitro benzene ring substituents is 1. The highest BCUT2D eigenvalue weighted by molar-refractivity contribution is 8.00. The zero-order valence-corrected chi connectivity index (χ0v) is 14.8. The molecule has 138 valence electrons. The van der Waals surface area contributed by atoms with Crippen molar-refractivity contribution in [2.24, 2.45) is 0 Å². The van der Waals surface area contributed by atoms with Gasteiger partial charge in [-0.05, 0) is 37.3 Å². The molecule has 5 nitrogen and oxygen atoms in total. The van der Waals surface area contributed by atoms with E-state index in [1.165, 1.54) is 6.92 Å². The number of rotatable bonds is 5. The van der Waals surface area contributed by atoms with Crippen molar-refractivity contribution >= 4 is 40.6 Å². The third-order valence-electron chi connectivity index (χ3n) is 3.27. The van der Waals surface area contributed by atoms with Crippen LogP contribution in [0.15, 0.2) is 47.4 Å². The SMILES string of the molecule is C[C@@H](Sc1ccc(Cl)cc1)C(=O)Nc1ccc([N+](=O)[O-])cc1C(F)(F)F. The minimum atomic E-state index is -4.85. The maximum atomic E-state index is 13.1. The lowest BCUT2D eigenvalue weighted by Crippen LogP contribution is -2.24. The Hall–Kier alpha value is -2.26. The number of hydrogen-bond donors (Lipinski definition) is 1. The Bertz CT molecular complexity index is 828. The molecule has 1 amide bonds. The quantitative estimate of drug-likeness (QED) is 0.412. The third-order valence-corrected chi connectivity index (χ3v) is 4.64. The number of nitrogens with zero attached hydrogens (tertiary/aromatic N) is 1. The third kappa shape index (κ3) is 5.12. The van der Waals surface area contributed by atoms with E-state index in [0.29, 0.717) is 11.1 Å². The topological polar surface area (TPSA) is 72.2 Å². The molecule has 0 bridgehead atoms. The van der Waals surface area contributed by atoms with Crippen molar-refractivity contribution in [1.29, 1.82) is 0 Å². The maximum absolute atomic E-state index is 13.1. The van der Waals surface area contributed by atoms with Gasteiger partial charge in [-0.15, -0.1) is 11.8 Å². The second kappa shape index (κ2) is 7.96. The number of alkyl halides is 3. The first-order chi connectivity index (χ1) is 12.1.